The Balaban J connectivity index is 0.000000147. The number of aromatic amines is 1. The topological polar surface area (TPSA) is 325 Å². The largest absolute Gasteiger partial charge is 0.489 e. The van der Waals surface area contributed by atoms with E-state index in [9.17, 15) is 24.0 Å². The first-order valence-electron chi connectivity index (χ1n) is 30.6. The van der Waals surface area contributed by atoms with Gasteiger partial charge in [-0.2, -0.15) is 5.10 Å². The molecule has 0 bridgehead atoms. The molecule has 22 nitrogen and oxygen atoms in total. The molecule has 3 aliphatic carbocycles. The minimum Gasteiger partial charge on any atom is -0.489 e. The highest BCUT2D eigenvalue weighted by molar-refractivity contribution is 5.95. The van der Waals surface area contributed by atoms with Gasteiger partial charge in [-0.15, -0.1) is 0 Å². The minimum absolute atomic E-state index is 0.0536. The van der Waals surface area contributed by atoms with Crippen molar-refractivity contribution in [2.45, 2.75) is 77.6 Å². The van der Waals surface area contributed by atoms with Gasteiger partial charge in [0.2, 0.25) is 23.6 Å². The predicted molar refractivity (Wildman–Crippen MR) is 344 cm³/mol. The maximum Gasteiger partial charge on any atom is 0.312 e. The smallest absolute Gasteiger partial charge is 0.312 e. The summed E-state index contributed by atoms with van der Waals surface area (Å²) in [6, 6.07) is 51.3. The monoisotopic (exact) mass is 1280 g/mol. The number of fused-ring (bicyclic) bond motifs is 2. The highest BCUT2D eigenvalue weighted by Crippen LogP contribution is 2.57. The Kier molecular flexibility index (Phi) is 19.6. The molecule has 4 amide bonds. The van der Waals surface area contributed by atoms with E-state index >= 15 is 4.39 Å². The molecule has 6 aromatic carbocycles. The molecule has 13 rings (SSSR count). The second-order valence-corrected chi connectivity index (χ2v) is 24.2. The van der Waals surface area contributed by atoms with E-state index in [0.29, 0.717) is 50.3 Å². The molecule has 0 saturated heterocycles. The van der Waals surface area contributed by atoms with Crippen molar-refractivity contribution in [3.05, 3.63) is 239 Å². The van der Waals surface area contributed by atoms with Gasteiger partial charge in [0.1, 0.15) is 43.5 Å². The second-order valence-electron chi connectivity index (χ2n) is 24.2. The summed E-state index contributed by atoms with van der Waals surface area (Å²) in [5.41, 5.74) is 18.8. The SMILES string of the molecule is COC(=O)[C@@]1(Cc2ccc(OCc3ccccc3)cc2)C[C@@H]1C(=O)NO.Cc1cc(COc2ccc(C[C@]3(c4ncn[nH]4)C[C@@H]3C(=O)NO)cc2)c2ccccc2n1.Cc1ccc2nc(-c3cccnc3)cc(COc3ccc(C[C@]4(C(N)=O)C[C@@H]4C(=O)NO)cc3F)c2c1. The summed E-state index contributed by atoms with van der Waals surface area (Å²) in [6.07, 6.45) is 7.08. The fourth-order valence-corrected chi connectivity index (χ4v) is 12.5. The number of benzene rings is 6. The number of aryl methyl sites for hydroxylation is 2. The number of nitrogens with one attached hydrogen (secondary N) is 4. The Morgan fingerprint density at radius 3 is 1.86 bits per heavy atom. The first-order valence-corrected chi connectivity index (χ1v) is 30.6. The summed E-state index contributed by atoms with van der Waals surface area (Å²) in [4.78, 5) is 77.4. The van der Waals surface area contributed by atoms with Crippen molar-refractivity contribution in [2.75, 3.05) is 7.11 Å². The summed E-state index contributed by atoms with van der Waals surface area (Å²) >= 11 is 0. The number of pyridine rings is 3. The van der Waals surface area contributed by atoms with E-state index in [1.54, 1.807) is 34.9 Å². The summed E-state index contributed by atoms with van der Waals surface area (Å²) in [7, 11) is 1.30. The Bertz CT molecular complexity index is 4420. The van der Waals surface area contributed by atoms with Crippen LogP contribution in [0, 0.1) is 48.2 Å². The molecule has 0 spiro atoms. The van der Waals surface area contributed by atoms with Gasteiger partial charge in [0.15, 0.2) is 11.6 Å². The normalized spacial score (nSPS) is 19.5. The second kappa shape index (κ2) is 28.5. The molecule has 10 aromatic rings. The van der Waals surface area contributed by atoms with E-state index in [4.69, 9.17) is 45.3 Å². The number of nitrogens with two attached hydrogens (primary N) is 1. The molecule has 23 heteroatoms. The van der Waals surface area contributed by atoms with Crippen molar-refractivity contribution in [1.82, 2.24) is 46.6 Å². The molecule has 0 radical (unpaired) electrons. The van der Waals surface area contributed by atoms with Gasteiger partial charge >= 0.3 is 5.97 Å². The molecule has 4 heterocycles. The van der Waals surface area contributed by atoms with Crippen molar-refractivity contribution < 1.29 is 62.9 Å². The van der Waals surface area contributed by atoms with Crippen LogP contribution in [0.3, 0.4) is 0 Å². The number of esters is 1. The number of rotatable bonds is 22. The molecule has 6 atom stereocenters. The lowest BCUT2D eigenvalue weighted by molar-refractivity contribution is -0.149. The number of halogens is 1. The van der Waals surface area contributed by atoms with Gasteiger partial charge in [-0.05, 0) is 153 Å². The van der Waals surface area contributed by atoms with Crippen LogP contribution in [0.15, 0.2) is 183 Å². The maximum absolute atomic E-state index is 15.0. The molecule has 0 unspecified atom stereocenters. The van der Waals surface area contributed by atoms with Gasteiger partial charge < -0.3 is 24.7 Å². The number of hydrogen-bond donors (Lipinski definition) is 8. The molecule has 4 aromatic heterocycles. The van der Waals surface area contributed by atoms with Gasteiger partial charge in [0, 0.05) is 51.0 Å². The molecule has 3 aliphatic rings. The van der Waals surface area contributed by atoms with E-state index in [1.165, 1.54) is 25.6 Å². The zero-order chi connectivity index (χ0) is 66.9. The number of nitrogens with zero attached hydrogens (tertiary/aromatic N) is 5. The van der Waals surface area contributed by atoms with Gasteiger partial charge in [-0.1, -0.05) is 90.5 Å². The maximum atomic E-state index is 15.0. The summed E-state index contributed by atoms with van der Waals surface area (Å²) in [5.74, 6) is -2.79. The molecule has 3 saturated carbocycles. The van der Waals surface area contributed by atoms with Crippen LogP contribution in [0.25, 0.3) is 33.1 Å². The predicted octanol–water partition coefficient (Wildman–Crippen LogP) is 9.60. The Labute approximate surface area is 545 Å². The number of para-hydroxylation sites is 1. The zero-order valence-corrected chi connectivity index (χ0v) is 52.1. The number of methoxy groups -OCH3 is 1. The summed E-state index contributed by atoms with van der Waals surface area (Å²) in [6.45, 7) is 5.01. The molecular weight excluding hydrogens is 1220 g/mol. The zero-order valence-electron chi connectivity index (χ0n) is 52.1. The van der Waals surface area contributed by atoms with Crippen LogP contribution in [0.2, 0.25) is 0 Å². The van der Waals surface area contributed by atoms with Crippen LogP contribution in [-0.4, -0.2) is 82.5 Å². The van der Waals surface area contributed by atoms with Crippen molar-refractivity contribution in [1.29, 1.82) is 0 Å². The number of carbonyl (C=O) groups excluding carboxylic acids is 5. The highest BCUT2D eigenvalue weighted by Gasteiger charge is 2.65. The van der Waals surface area contributed by atoms with E-state index < -0.39 is 63.5 Å². The first kappa shape index (κ1) is 65.5. The number of carbonyl (C=O) groups is 5. The number of amides is 4. The van der Waals surface area contributed by atoms with Crippen molar-refractivity contribution >= 4 is 51.4 Å². The van der Waals surface area contributed by atoms with Gasteiger partial charge in [-0.3, -0.25) is 54.7 Å². The van der Waals surface area contributed by atoms with Crippen LogP contribution < -0.4 is 36.4 Å². The highest BCUT2D eigenvalue weighted by atomic mass is 19.1. The lowest BCUT2D eigenvalue weighted by Gasteiger charge is -2.15. The lowest BCUT2D eigenvalue weighted by Crippen LogP contribution is -2.33. The van der Waals surface area contributed by atoms with Gasteiger partial charge in [0.25, 0.3) is 0 Å². The molecular formula is C72H69FN10O12. The number of aromatic nitrogens is 6. The van der Waals surface area contributed by atoms with Crippen LogP contribution in [-0.2, 0) is 73.2 Å². The van der Waals surface area contributed by atoms with Crippen molar-refractivity contribution in [2.24, 2.45) is 34.3 Å². The van der Waals surface area contributed by atoms with Crippen LogP contribution >= 0.6 is 0 Å². The first-order chi connectivity index (χ1) is 46.0. The van der Waals surface area contributed by atoms with Gasteiger partial charge in [0.05, 0.1) is 52.4 Å². The van der Waals surface area contributed by atoms with Crippen molar-refractivity contribution in [3.8, 4) is 28.5 Å². The van der Waals surface area contributed by atoms with Gasteiger partial charge in [-0.25, -0.2) is 30.8 Å². The Morgan fingerprint density at radius 2 is 1.21 bits per heavy atom. The average Bonchev–Trinajstić information content (AvgIpc) is 1.58. The molecule has 0 aliphatic heterocycles. The number of hydrogen-bond acceptors (Lipinski definition) is 17. The molecule has 486 valence electrons. The summed E-state index contributed by atoms with van der Waals surface area (Å²) < 4.78 is 37.6. The Hall–Kier alpha value is -11.0. The average molecular weight is 1290 g/mol. The quantitative estimate of drug-likeness (QED) is 0.0178. The number of H-pyrrole nitrogens is 1. The van der Waals surface area contributed by atoms with E-state index in [0.717, 1.165) is 83.6 Å². The Morgan fingerprint density at radius 1 is 0.600 bits per heavy atom. The van der Waals surface area contributed by atoms with Crippen LogP contribution in [0.4, 0.5) is 4.39 Å². The van der Waals surface area contributed by atoms with Crippen molar-refractivity contribution in [3.63, 3.8) is 0 Å². The van der Waals surface area contributed by atoms with E-state index in [1.807, 2.05) is 147 Å². The third-order valence-electron chi connectivity index (χ3n) is 17.8. The third kappa shape index (κ3) is 14.8. The molecule has 3 fully saturated rings. The standard InChI is InChI=1S/C28H25FN4O4.C24H23N5O3.C20H21NO5/c1-16-4-6-23-20(9-16)19(11-24(32-23)18-3-2-8-31-14-18)15-37-25-7-5-17(10-22(25)29)12-28(27(30)35)13-21(28)26(34)33-36;1-15-10-17(19-4-2-3-5-21(19)27-15)13-32-18-8-6-16(7-9-18)11-24(23-25-14-26-28-23)12-20(24)22(30)29-31;1-25-19(23)20(12-17(20)18(22)21-24)11-14-7-9-16(10-8-14)26-13-15-5-3-2-4-6-15/h2-11,14,21,36H,12-13,15H2,1H3,(H2,30,35)(H,33,34);2-10,14,20,31H,11-13H2,1H3,(H,29,30)(H,25,26,28);2-10,17,24H,11-13H2,1H3,(H,21,22)/t21-,28+;20-,24+;17-,20+/m111/s1. The molecule has 95 heavy (non-hydrogen) atoms. The number of ether oxygens (including phenoxy) is 4. The van der Waals surface area contributed by atoms with Crippen LogP contribution in [0.1, 0.15) is 69.7 Å². The lowest BCUT2D eigenvalue weighted by atomic mass is 9.92. The number of hydroxylamine groups is 3. The van der Waals surface area contributed by atoms with E-state index in [-0.39, 0.29) is 31.1 Å². The fourth-order valence-electron chi connectivity index (χ4n) is 12.5. The molecule has 9 N–H and O–H groups in total. The number of primary amides is 1. The summed E-state index contributed by atoms with van der Waals surface area (Å²) in [5, 5.41) is 35.6. The van der Waals surface area contributed by atoms with Crippen LogP contribution in [0.5, 0.6) is 17.2 Å². The third-order valence-corrected chi connectivity index (χ3v) is 17.8. The fraction of sp³-hybridized carbons (Fsp3) is 0.250. The van der Waals surface area contributed by atoms with E-state index in [2.05, 4.69) is 37.3 Å². The minimum atomic E-state index is -1.14.